The normalized spacial score (nSPS) is 23.0. The van der Waals surface area contributed by atoms with E-state index in [0.717, 1.165) is 0 Å². The number of carboxylic acid groups (broad SMARTS) is 1. The zero-order valence-electron chi connectivity index (χ0n) is 11.5. The van der Waals surface area contributed by atoms with Crippen LogP contribution in [-0.4, -0.2) is 40.4 Å². The largest absolute Gasteiger partial charge is 0.478 e. The summed E-state index contributed by atoms with van der Waals surface area (Å²) in [5.41, 5.74) is 0.906. The first kappa shape index (κ1) is 15.1. The van der Waals surface area contributed by atoms with Gasteiger partial charge in [0.05, 0.1) is 24.1 Å². The molecule has 1 heterocycles. The van der Waals surface area contributed by atoms with Crippen LogP contribution < -0.4 is 5.32 Å². The van der Waals surface area contributed by atoms with Crippen molar-refractivity contribution in [1.29, 1.82) is 0 Å². The maximum atomic E-state index is 11.4. The van der Waals surface area contributed by atoms with Crippen molar-refractivity contribution < 1.29 is 24.5 Å². The lowest BCUT2D eigenvalue weighted by Gasteiger charge is -2.17. The van der Waals surface area contributed by atoms with Crippen molar-refractivity contribution in [2.45, 2.75) is 31.6 Å². The van der Waals surface area contributed by atoms with Gasteiger partial charge in [0, 0.05) is 5.69 Å². The first-order chi connectivity index (χ1) is 9.95. The van der Waals surface area contributed by atoms with Crippen LogP contribution in [0.4, 0.5) is 5.69 Å². The Kier molecular flexibility index (Phi) is 4.59. The number of esters is 1. The van der Waals surface area contributed by atoms with Gasteiger partial charge in [-0.2, -0.15) is 0 Å². The fourth-order valence-corrected chi connectivity index (χ4v) is 2.08. The van der Waals surface area contributed by atoms with Crippen molar-refractivity contribution in [3.63, 3.8) is 0 Å². The second-order valence-electron chi connectivity index (χ2n) is 4.92. The van der Waals surface area contributed by atoms with Crippen LogP contribution in [0.25, 0.3) is 0 Å². The molecule has 112 valence electrons. The van der Waals surface area contributed by atoms with E-state index in [-0.39, 0.29) is 24.0 Å². The molecule has 1 aromatic rings. The Balaban J connectivity index is 2.05. The van der Waals surface area contributed by atoms with Crippen LogP contribution in [0.5, 0.6) is 0 Å². The molecule has 2 rings (SSSR count). The number of rotatable bonds is 5. The highest BCUT2D eigenvalue weighted by Crippen LogP contribution is 2.21. The van der Waals surface area contributed by atoms with Gasteiger partial charge in [-0.3, -0.25) is 4.79 Å². The molecule has 0 unspecified atom stereocenters. The standard InChI is InChI=1S/C15H17NO5/c1-9(17)2-7-13-12(8-14(18)21-13)16-11-5-3-10(4-6-11)15(19)20/h2-7,9,12-13,16-17H,8H2,1H3,(H,19,20)/b7-2+/t9-,12+,13-/m0/s1. The van der Waals surface area contributed by atoms with Gasteiger partial charge in [0.2, 0.25) is 0 Å². The van der Waals surface area contributed by atoms with Crippen LogP contribution in [0.2, 0.25) is 0 Å². The minimum atomic E-state index is -0.987. The molecule has 1 aliphatic rings. The molecular formula is C15H17NO5. The Morgan fingerprint density at radius 1 is 1.43 bits per heavy atom. The average Bonchev–Trinajstić information content (AvgIpc) is 2.77. The van der Waals surface area contributed by atoms with Gasteiger partial charge in [-0.15, -0.1) is 0 Å². The van der Waals surface area contributed by atoms with Gasteiger partial charge < -0.3 is 20.3 Å². The predicted octanol–water partition coefficient (Wildman–Crippen LogP) is 1.42. The second-order valence-corrected chi connectivity index (χ2v) is 4.92. The molecule has 1 fully saturated rings. The summed E-state index contributed by atoms with van der Waals surface area (Å²) < 4.78 is 5.17. The average molecular weight is 291 g/mol. The number of cyclic esters (lactones) is 1. The van der Waals surface area contributed by atoms with Gasteiger partial charge in [-0.05, 0) is 37.3 Å². The maximum Gasteiger partial charge on any atom is 0.335 e. The summed E-state index contributed by atoms with van der Waals surface area (Å²) >= 11 is 0. The van der Waals surface area contributed by atoms with Crippen molar-refractivity contribution in [2.75, 3.05) is 5.32 Å². The Morgan fingerprint density at radius 3 is 2.67 bits per heavy atom. The maximum absolute atomic E-state index is 11.4. The third kappa shape index (κ3) is 4.06. The SMILES string of the molecule is C[C@H](O)/C=C/[C@@H]1OC(=O)C[C@H]1Nc1ccc(C(=O)O)cc1. The van der Waals surface area contributed by atoms with Gasteiger partial charge >= 0.3 is 11.9 Å². The number of nitrogens with one attached hydrogen (secondary N) is 1. The number of aliphatic hydroxyl groups excluding tert-OH is 1. The quantitative estimate of drug-likeness (QED) is 0.561. The molecule has 0 bridgehead atoms. The van der Waals surface area contributed by atoms with E-state index in [0.29, 0.717) is 5.69 Å². The number of ether oxygens (including phenoxy) is 1. The van der Waals surface area contributed by atoms with Gasteiger partial charge in [-0.1, -0.05) is 6.08 Å². The zero-order valence-corrected chi connectivity index (χ0v) is 11.5. The van der Waals surface area contributed by atoms with E-state index < -0.39 is 18.2 Å². The molecule has 6 nitrogen and oxygen atoms in total. The van der Waals surface area contributed by atoms with Crippen LogP contribution in [0.1, 0.15) is 23.7 Å². The summed E-state index contributed by atoms with van der Waals surface area (Å²) in [4.78, 5) is 22.2. The molecule has 3 N–H and O–H groups in total. The topological polar surface area (TPSA) is 95.9 Å². The number of carbonyl (C=O) groups excluding carboxylic acids is 1. The number of aromatic carboxylic acids is 1. The second kappa shape index (κ2) is 6.41. The molecule has 0 aromatic heterocycles. The van der Waals surface area contributed by atoms with E-state index in [1.807, 2.05) is 0 Å². The van der Waals surface area contributed by atoms with Gasteiger partial charge in [0.15, 0.2) is 0 Å². The number of hydrogen-bond acceptors (Lipinski definition) is 5. The Labute approximate surface area is 122 Å². The molecule has 0 aliphatic carbocycles. The number of carboxylic acids is 1. The lowest BCUT2D eigenvalue weighted by Crippen LogP contribution is -2.27. The van der Waals surface area contributed by atoms with E-state index >= 15 is 0 Å². The molecule has 1 aliphatic heterocycles. The Hall–Kier alpha value is -2.34. The number of anilines is 1. The van der Waals surface area contributed by atoms with Gasteiger partial charge in [0.1, 0.15) is 6.10 Å². The summed E-state index contributed by atoms with van der Waals surface area (Å²) in [6.07, 6.45) is 2.37. The molecule has 0 spiro atoms. The fraction of sp³-hybridized carbons (Fsp3) is 0.333. The van der Waals surface area contributed by atoms with Crippen molar-refractivity contribution in [2.24, 2.45) is 0 Å². The highest BCUT2D eigenvalue weighted by atomic mass is 16.6. The summed E-state index contributed by atoms with van der Waals surface area (Å²) in [6, 6.07) is 6.01. The third-order valence-corrected chi connectivity index (χ3v) is 3.11. The zero-order chi connectivity index (χ0) is 15.4. The van der Waals surface area contributed by atoms with Crippen molar-refractivity contribution in [1.82, 2.24) is 0 Å². The van der Waals surface area contributed by atoms with Crippen LogP contribution >= 0.6 is 0 Å². The van der Waals surface area contributed by atoms with Crippen molar-refractivity contribution >= 4 is 17.6 Å². The number of hydrogen-bond donors (Lipinski definition) is 3. The smallest absolute Gasteiger partial charge is 0.335 e. The lowest BCUT2D eigenvalue weighted by atomic mass is 10.1. The third-order valence-electron chi connectivity index (χ3n) is 3.11. The highest BCUT2D eigenvalue weighted by molar-refractivity contribution is 5.88. The fourth-order valence-electron chi connectivity index (χ4n) is 2.08. The molecular weight excluding hydrogens is 274 g/mol. The minimum absolute atomic E-state index is 0.199. The monoisotopic (exact) mass is 291 g/mol. The van der Waals surface area contributed by atoms with Crippen LogP contribution in [0.15, 0.2) is 36.4 Å². The predicted molar refractivity (Wildman–Crippen MR) is 76.1 cm³/mol. The van der Waals surface area contributed by atoms with E-state index in [9.17, 15) is 14.7 Å². The lowest BCUT2D eigenvalue weighted by molar-refractivity contribution is -0.140. The van der Waals surface area contributed by atoms with Crippen LogP contribution in [0, 0.1) is 0 Å². The van der Waals surface area contributed by atoms with Gasteiger partial charge in [0.25, 0.3) is 0 Å². The van der Waals surface area contributed by atoms with E-state index in [2.05, 4.69) is 5.32 Å². The van der Waals surface area contributed by atoms with E-state index in [4.69, 9.17) is 9.84 Å². The molecule has 6 heteroatoms. The summed E-state index contributed by atoms with van der Waals surface area (Å²) in [7, 11) is 0. The molecule has 1 aromatic carbocycles. The minimum Gasteiger partial charge on any atom is -0.478 e. The number of carbonyl (C=O) groups is 2. The Bertz CT molecular complexity index is 550. The van der Waals surface area contributed by atoms with Crippen molar-refractivity contribution in [3.05, 3.63) is 42.0 Å². The molecule has 21 heavy (non-hydrogen) atoms. The van der Waals surface area contributed by atoms with Gasteiger partial charge in [-0.25, -0.2) is 4.79 Å². The Morgan fingerprint density at radius 2 is 2.10 bits per heavy atom. The van der Waals surface area contributed by atoms with Crippen LogP contribution in [-0.2, 0) is 9.53 Å². The molecule has 0 amide bonds. The number of aliphatic hydroxyl groups is 1. The van der Waals surface area contributed by atoms with Crippen LogP contribution in [0.3, 0.4) is 0 Å². The summed E-state index contributed by atoms with van der Waals surface area (Å²) in [5.74, 6) is -1.30. The molecule has 3 atom stereocenters. The first-order valence-electron chi connectivity index (χ1n) is 6.61. The van der Waals surface area contributed by atoms with Crippen molar-refractivity contribution in [3.8, 4) is 0 Å². The molecule has 0 saturated carbocycles. The summed E-state index contributed by atoms with van der Waals surface area (Å²) in [6.45, 7) is 1.61. The molecule has 0 radical (unpaired) electrons. The summed E-state index contributed by atoms with van der Waals surface area (Å²) in [5, 5.41) is 21.2. The van der Waals surface area contributed by atoms with E-state index in [1.165, 1.54) is 12.1 Å². The highest BCUT2D eigenvalue weighted by Gasteiger charge is 2.33. The number of benzene rings is 1. The molecule has 1 saturated heterocycles. The first-order valence-corrected chi connectivity index (χ1v) is 6.61. The van der Waals surface area contributed by atoms with E-state index in [1.54, 1.807) is 31.2 Å².